The van der Waals surface area contributed by atoms with Gasteiger partial charge in [0.25, 0.3) is 0 Å². The van der Waals surface area contributed by atoms with Crippen LogP contribution in [0.5, 0.6) is 0 Å². The number of likely N-dealkylation sites (tertiary alicyclic amines) is 1. The molecule has 4 nitrogen and oxygen atoms in total. The molecule has 0 aromatic heterocycles. The third-order valence-electron chi connectivity index (χ3n) is 7.41. The molecule has 0 aliphatic carbocycles. The number of amides is 2. The van der Waals surface area contributed by atoms with Crippen LogP contribution in [0, 0.1) is 5.82 Å². The van der Waals surface area contributed by atoms with Crippen LogP contribution in [0.25, 0.3) is 11.1 Å². The summed E-state index contributed by atoms with van der Waals surface area (Å²) in [5, 5.41) is 4.02. The van der Waals surface area contributed by atoms with Crippen molar-refractivity contribution in [3.8, 4) is 11.1 Å². The summed E-state index contributed by atoms with van der Waals surface area (Å²) in [6.45, 7) is 9.00. The van der Waals surface area contributed by atoms with Crippen LogP contribution in [0.1, 0.15) is 50.7 Å². The minimum atomic E-state index is -0.397. The van der Waals surface area contributed by atoms with Crippen molar-refractivity contribution < 1.29 is 9.18 Å². The van der Waals surface area contributed by atoms with Crippen LogP contribution in [0.15, 0.2) is 48.5 Å². The Morgan fingerprint density at radius 3 is 2.22 bits per heavy atom. The van der Waals surface area contributed by atoms with Crippen LogP contribution in [-0.2, 0) is 6.54 Å². The summed E-state index contributed by atoms with van der Waals surface area (Å²) >= 11 is 19.7. The van der Waals surface area contributed by atoms with Gasteiger partial charge in [0, 0.05) is 23.2 Å². The van der Waals surface area contributed by atoms with Gasteiger partial charge in [0.15, 0.2) is 0 Å². The molecule has 1 N–H and O–H groups in total. The lowest BCUT2D eigenvalue weighted by molar-refractivity contribution is 0.102. The molecule has 0 radical (unpaired) electrons. The van der Waals surface area contributed by atoms with Gasteiger partial charge in [0.1, 0.15) is 5.82 Å². The van der Waals surface area contributed by atoms with Crippen LogP contribution >= 0.6 is 34.8 Å². The van der Waals surface area contributed by atoms with Gasteiger partial charge < -0.3 is 5.32 Å². The molecule has 5 rings (SSSR count). The third-order valence-corrected chi connectivity index (χ3v) is 8.33. The number of rotatable bonds is 3. The smallest absolute Gasteiger partial charge is 0.326 e. The number of halogens is 4. The molecule has 2 amide bonds. The third kappa shape index (κ3) is 5.07. The molecule has 8 heteroatoms. The molecule has 1 fully saturated rings. The molecule has 2 aliphatic rings. The molecule has 0 bridgehead atoms. The zero-order chi connectivity index (χ0) is 26.5. The molecule has 2 aliphatic heterocycles. The number of fused-ring (bicyclic) bond motifs is 1. The second-order valence-corrected chi connectivity index (χ2v) is 11.9. The number of carbonyl (C=O) groups excluding carboxylic acids is 1. The summed E-state index contributed by atoms with van der Waals surface area (Å²) < 4.78 is 13.9. The van der Waals surface area contributed by atoms with E-state index in [0.717, 1.165) is 48.2 Å². The molecule has 3 aromatic rings. The molecular weight excluding hydrogens is 532 g/mol. The van der Waals surface area contributed by atoms with Crippen molar-refractivity contribution in [1.82, 2.24) is 10.2 Å². The number of hydrogen-bond donors (Lipinski definition) is 1. The minimum absolute atomic E-state index is 0.114. The Hall–Kier alpha value is -2.31. The van der Waals surface area contributed by atoms with Crippen LogP contribution in [-0.4, -0.2) is 29.6 Å². The quantitative estimate of drug-likeness (QED) is 0.347. The number of carbonyl (C=O) groups is 1. The van der Waals surface area contributed by atoms with E-state index < -0.39 is 5.82 Å². The Labute approximate surface area is 232 Å². The number of nitrogens with zero attached hydrogens (tertiary/aromatic N) is 2. The second-order valence-electron chi connectivity index (χ2n) is 10.7. The fourth-order valence-corrected chi connectivity index (χ4v) is 6.24. The molecule has 37 heavy (non-hydrogen) atoms. The molecule has 0 atom stereocenters. The summed E-state index contributed by atoms with van der Waals surface area (Å²) in [4.78, 5) is 17.3. The first-order valence-corrected chi connectivity index (χ1v) is 13.6. The summed E-state index contributed by atoms with van der Waals surface area (Å²) in [6.07, 6.45) is 1.98. The lowest BCUT2D eigenvalue weighted by Crippen LogP contribution is -2.45. The normalized spacial score (nSPS) is 17.1. The lowest BCUT2D eigenvalue weighted by Gasteiger charge is -2.41. The number of anilines is 2. The van der Waals surface area contributed by atoms with E-state index in [1.54, 1.807) is 29.2 Å². The average Bonchev–Trinajstić information content (AvgIpc) is 2.84. The zero-order valence-corrected chi connectivity index (χ0v) is 23.3. The number of urea groups is 1. The van der Waals surface area contributed by atoms with Gasteiger partial charge >= 0.3 is 6.03 Å². The van der Waals surface area contributed by atoms with E-state index >= 15 is 0 Å². The van der Waals surface area contributed by atoms with Crippen LogP contribution in [0.3, 0.4) is 0 Å². The predicted octanol–water partition coefficient (Wildman–Crippen LogP) is 8.79. The van der Waals surface area contributed by atoms with E-state index in [0.29, 0.717) is 38.9 Å². The van der Waals surface area contributed by atoms with Crippen molar-refractivity contribution in [1.29, 1.82) is 0 Å². The standard InChI is InChI=1S/C29H29Cl3FN3O/c1-29(2,3)35-11-9-17(10-12-35)18-13-21(20-8-7-19(33)15-25(20)32)22-16-34-28(37)36(26(22)14-18)27-23(30)5-4-6-24(27)31/h4-8,13-15,17H,9-12,16H2,1-3H3,(H,34,37). The molecule has 0 spiro atoms. The molecule has 0 unspecified atom stereocenters. The van der Waals surface area contributed by atoms with Gasteiger partial charge in [-0.05, 0) is 100 Å². The number of para-hydroxylation sites is 1. The van der Waals surface area contributed by atoms with Crippen molar-refractivity contribution in [2.45, 2.75) is 51.6 Å². The van der Waals surface area contributed by atoms with Crippen molar-refractivity contribution in [3.05, 3.63) is 80.5 Å². The lowest BCUT2D eigenvalue weighted by atomic mass is 9.84. The largest absolute Gasteiger partial charge is 0.333 e. The van der Waals surface area contributed by atoms with Crippen molar-refractivity contribution in [2.75, 3.05) is 18.0 Å². The average molecular weight is 561 g/mol. The number of hydrogen-bond acceptors (Lipinski definition) is 2. The monoisotopic (exact) mass is 559 g/mol. The fourth-order valence-electron chi connectivity index (χ4n) is 5.41. The molecule has 1 saturated heterocycles. The Kier molecular flexibility index (Phi) is 7.18. The summed E-state index contributed by atoms with van der Waals surface area (Å²) in [6, 6.07) is 13.5. The Balaban J connectivity index is 1.68. The first-order chi connectivity index (χ1) is 17.5. The summed E-state index contributed by atoms with van der Waals surface area (Å²) in [5.41, 5.74) is 4.83. The highest BCUT2D eigenvalue weighted by Crippen LogP contribution is 2.46. The van der Waals surface area contributed by atoms with Gasteiger partial charge in [-0.15, -0.1) is 0 Å². The second kappa shape index (κ2) is 10.1. The van der Waals surface area contributed by atoms with Crippen molar-refractivity contribution >= 4 is 52.2 Å². The van der Waals surface area contributed by atoms with E-state index in [9.17, 15) is 9.18 Å². The van der Waals surface area contributed by atoms with Gasteiger partial charge in [-0.25, -0.2) is 9.18 Å². The highest BCUT2D eigenvalue weighted by atomic mass is 35.5. The van der Waals surface area contributed by atoms with Crippen molar-refractivity contribution in [3.63, 3.8) is 0 Å². The topological polar surface area (TPSA) is 35.6 Å². The fraction of sp³-hybridized carbons (Fsp3) is 0.345. The number of nitrogens with one attached hydrogen (secondary N) is 1. The van der Waals surface area contributed by atoms with Gasteiger partial charge in [-0.2, -0.15) is 0 Å². The van der Waals surface area contributed by atoms with Gasteiger partial charge in [-0.3, -0.25) is 9.80 Å². The van der Waals surface area contributed by atoms with E-state index in [1.807, 2.05) is 0 Å². The van der Waals surface area contributed by atoms with Crippen LogP contribution in [0.2, 0.25) is 15.1 Å². The van der Waals surface area contributed by atoms with Crippen LogP contribution < -0.4 is 10.2 Å². The highest BCUT2D eigenvalue weighted by molar-refractivity contribution is 6.40. The maximum atomic E-state index is 13.9. The maximum Gasteiger partial charge on any atom is 0.326 e. The van der Waals surface area contributed by atoms with E-state index in [1.165, 1.54) is 12.1 Å². The molecule has 2 heterocycles. The van der Waals surface area contributed by atoms with Gasteiger partial charge in [-0.1, -0.05) is 46.9 Å². The van der Waals surface area contributed by atoms with Gasteiger partial charge in [0.2, 0.25) is 0 Å². The van der Waals surface area contributed by atoms with E-state index in [-0.39, 0.29) is 11.6 Å². The first-order valence-electron chi connectivity index (χ1n) is 12.4. The number of benzene rings is 3. The summed E-state index contributed by atoms with van der Waals surface area (Å²) in [5.74, 6) is -0.0958. The Morgan fingerprint density at radius 1 is 0.919 bits per heavy atom. The van der Waals surface area contributed by atoms with Gasteiger partial charge in [0.05, 0.1) is 26.4 Å². The predicted molar refractivity (Wildman–Crippen MR) is 151 cm³/mol. The number of piperidine rings is 1. The highest BCUT2D eigenvalue weighted by Gasteiger charge is 2.33. The first kappa shape index (κ1) is 26.3. The van der Waals surface area contributed by atoms with Crippen molar-refractivity contribution in [2.24, 2.45) is 0 Å². The molecule has 0 saturated carbocycles. The molecule has 3 aromatic carbocycles. The van der Waals surface area contributed by atoms with E-state index in [2.05, 4.69) is 43.1 Å². The minimum Gasteiger partial charge on any atom is -0.333 e. The Bertz CT molecular complexity index is 1340. The van der Waals surface area contributed by atoms with Crippen LogP contribution in [0.4, 0.5) is 20.6 Å². The maximum absolute atomic E-state index is 13.9. The SMILES string of the molecule is CC(C)(C)N1CCC(c2cc(-c3ccc(F)cc3Cl)c3c(c2)N(c2c(Cl)cccc2Cl)C(=O)NC3)CC1. The zero-order valence-electron chi connectivity index (χ0n) is 21.0. The Morgan fingerprint density at radius 2 is 1.59 bits per heavy atom. The molecular formula is C29H29Cl3FN3O. The summed E-state index contributed by atoms with van der Waals surface area (Å²) in [7, 11) is 0. The van der Waals surface area contributed by atoms with E-state index in [4.69, 9.17) is 34.8 Å². The molecule has 194 valence electrons.